The van der Waals surface area contributed by atoms with E-state index < -0.39 is 0 Å². The molecule has 2 N–H and O–H groups in total. The first kappa shape index (κ1) is 27.4. The fourth-order valence-electron chi connectivity index (χ4n) is 4.98. The van der Waals surface area contributed by atoms with Gasteiger partial charge in [-0.25, -0.2) is 0 Å². The van der Waals surface area contributed by atoms with Crippen LogP contribution < -0.4 is 15.5 Å². The van der Waals surface area contributed by atoms with Crippen LogP contribution in [-0.4, -0.2) is 24.9 Å². The van der Waals surface area contributed by atoms with E-state index in [0.717, 1.165) is 43.6 Å². The third-order valence-corrected chi connectivity index (χ3v) is 7.45. The first-order valence-corrected chi connectivity index (χ1v) is 14.1. The molecule has 1 saturated heterocycles. The minimum atomic E-state index is -0.169. The van der Waals surface area contributed by atoms with Gasteiger partial charge in [0.25, 0.3) is 11.8 Å². The minimum absolute atomic E-state index is 0.133. The molecule has 4 rings (SSSR count). The highest BCUT2D eigenvalue weighted by molar-refractivity contribution is 6.06. The van der Waals surface area contributed by atoms with Crippen LogP contribution in [0.3, 0.4) is 0 Å². The number of carbonyl (C=O) groups excluding carboxylic acids is 2. The number of amides is 2. The summed E-state index contributed by atoms with van der Waals surface area (Å²) in [5, 5.41) is 6.07. The topological polar surface area (TPSA) is 61.4 Å². The predicted octanol–water partition coefficient (Wildman–Crippen LogP) is 7.23. The molecule has 0 bridgehead atoms. The Labute approximate surface area is 227 Å². The highest BCUT2D eigenvalue weighted by Crippen LogP contribution is 2.29. The quantitative estimate of drug-likeness (QED) is 0.267. The van der Waals surface area contributed by atoms with Gasteiger partial charge in [-0.1, -0.05) is 75.6 Å². The molecule has 3 aromatic rings. The second-order valence-electron chi connectivity index (χ2n) is 10.5. The normalized spacial score (nSPS) is 13.8. The van der Waals surface area contributed by atoms with Gasteiger partial charge in [-0.15, -0.1) is 0 Å². The molecule has 0 atom stereocenters. The van der Waals surface area contributed by atoms with Crippen LogP contribution in [-0.2, 0) is 13.0 Å². The van der Waals surface area contributed by atoms with Crippen molar-refractivity contribution >= 4 is 23.2 Å². The monoisotopic (exact) mass is 511 g/mol. The van der Waals surface area contributed by atoms with Gasteiger partial charge in [-0.3, -0.25) is 9.59 Å². The van der Waals surface area contributed by atoms with Gasteiger partial charge in [-0.05, 0) is 73.1 Å². The van der Waals surface area contributed by atoms with E-state index in [1.807, 2.05) is 72.8 Å². The number of aryl methyl sites for hydroxylation is 1. The number of rotatable bonds is 11. The number of carbonyl (C=O) groups is 2. The van der Waals surface area contributed by atoms with Crippen LogP contribution in [0.5, 0.6) is 0 Å². The van der Waals surface area contributed by atoms with Crippen molar-refractivity contribution in [3.63, 3.8) is 0 Å². The third-order valence-electron chi connectivity index (χ3n) is 7.45. The van der Waals surface area contributed by atoms with Crippen molar-refractivity contribution < 1.29 is 9.59 Å². The Morgan fingerprint density at radius 2 is 1.58 bits per heavy atom. The fourth-order valence-corrected chi connectivity index (χ4v) is 4.98. The number of nitrogens with zero attached hydrogens (tertiary/aromatic N) is 1. The van der Waals surface area contributed by atoms with Crippen LogP contribution in [0, 0.1) is 5.92 Å². The average Bonchev–Trinajstić information content (AvgIpc) is 2.95. The molecule has 200 valence electrons. The van der Waals surface area contributed by atoms with Gasteiger partial charge >= 0.3 is 0 Å². The summed E-state index contributed by atoms with van der Waals surface area (Å²) in [6, 6.07) is 23.5. The Bertz CT molecular complexity index is 1180. The molecule has 0 aliphatic carbocycles. The van der Waals surface area contributed by atoms with Crippen LogP contribution in [0.4, 0.5) is 11.4 Å². The number of hydrogen-bond acceptors (Lipinski definition) is 3. The Morgan fingerprint density at radius 1 is 0.842 bits per heavy atom. The predicted molar refractivity (Wildman–Crippen MR) is 157 cm³/mol. The van der Waals surface area contributed by atoms with Crippen molar-refractivity contribution in [2.75, 3.05) is 23.3 Å². The zero-order valence-electron chi connectivity index (χ0n) is 22.8. The second kappa shape index (κ2) is 13.8. The zero-order valence-corrected chi connectivity index (χ0v) is 22.8. The van der Waals surface area contributed by atoms with Gasteiger partial charge in [0.1, 0.15) is 0 Å². The van der Waals surface area contributed by atoms with Crippen molar-refractivity contribution in [3.05, 3.63) is 95.1 Å². The van der Waals surface area contributed by atoms with Crippen LogP contribution in [0.1, 0.15) is 84.2 Å². The van der Waals surface area contributed by atoms with Crippen molar-refractivity contribution in [1.29, 1.82) is 0 Å². The Balaban J connectivity index is 1.47. The minimum Gasteiger partial charge on any atom is -0.371 e. The molecule has 5 nitrogen and oxygen atoms in total. The third kappa shape index (κ3) is 7.70. The molecule has 2 amide bonds. The number of hydrogen-bond donors (Lipinski definition) is 2. The van der Waals surface area contributed by atoms with Crippen LogP contribution in [0.25, 0.3) is 0 Å². The van der Waals surface area contributed by atoms with Gasteiger partial charge in [0.15, 0.2) is 0 Å². The van der Waals surface area contributed by atoms with E-state index >= 15 is 0 Å². The molecule has 1 heterocycles. The standard InChI is InChI=1S/C33H41N3O2/c1-3-4-5-7-10-26-13-15-28(16-14-26)32(37)35-29-17-18-31(36-21-19-25(2)20-22-36)30(23-29)33(38)34-24-27-11-8-6-9-12-27/h6,8-9,11-18,23,25H,3-5,7,10,19-22,24H2,1-2H3,(H,34,38)(H,35,37). The molecule has 3 aromatic carbocycles. The first-order valence-electron chi connectivity index (χ1n) is 14.1. The van der Waals surface area contributed by atoms with E-state index in [1.165, 1.54) is 31.2 Å². The summed E-state index contributed by atoms with van der Waals surface area (Å²) in [5.74, 6) is 0.395. The number of nitrogens with one attached hydrogen (secondary N) is 2. The van der Waals surface area contributed by atoms with Crippen molar-refractivity contribution in [2.24, 2.45) is 5.92 Å². The van der Waals surface area contributed by atoms with Crippen molar-refractivity contribution in [3.8, 4) is 0 Å². The van der Waals surface area contributed by atoms with Crippen LogP contribution in [0.15, 0.2) is 72.8 Å². The summed E-state index contributed by atoms with van der Waals surface area (Å²) < 4.78 is 0. The number of anilines is 2. The molecule has 1 fully saturated rings. The van der Waals surface area contributed by atoms with Gasteiger partial charge < -0.3 is 15.5 Å². The van der Waals surface area contributed by atoms with Gasteiger partial charge in [0, 0.05) is 36.6 Å². The number of piperidine rings is 1. The van der Waals surface area contributed by atoms with Crippen LogP contribution >= 0.6 is 0 Å². The number of benzene rings is 3. The summed E-state index contributed by atoms with van der Waals surface area (Å²) in [5.41, 5.74) is 5.07. The zero-order chi connectivity index (χ0) is 26.7. The molecule has 0 aromatic heterocycles. The molecule has 5 heteroatoms. The van der Waals surface area contributed by atoms with Gasteiger partial charge in [-0.2, -0.15) is 0 Å². The Hall–Kier alpha value is -3.60. The molecule has 0 radical (unpaired) electrons. The average molecular weight is 512 g/mol. The molecular formula is C33H41N3O2. The summed E-state index contributed by atoms with van der Waals surface area (Å²) >= 11 is 0. The molecule has 38 heavy (non-hydrogen) atoms. The summed E-state index contributed by atoms with van der Waals surface area (Å²) in [6.07, 6.45) is 8.18. The lowest BCUT2D eigenvalue weighted by Crippen LogP contribution is -2.35. The van der Waals surface area contributed by atoms with E-state index in [-0.39, 0.29) is 11.8 Å². The lowest BCUT2D eigenvalue weighted by Gasteiger charge is -2.33. The Kier molecular flexibility index (Phi) is 9.97. The lowest BCUT2D eigenvalue weighted by atomic mass is 9.97. The molecule has 0 saturated carbocycles. The molecule has 1 aliphatic heterocycles. The maximum atomic E-state index is 13.4. The van der Waals surface area contributed by atoms with E-state index in [4.69, 9.17) is 0 Å². The summed E-state index contributed by atoms with van der Waals surface area (Å²) in [7, 11) is 0. The molecular weight excluding hydrogens is 470 g/mol. The summed E-state index contributed by atoms with van der Waals surface area (Å²) in [6.45, 7) is 6.81. The van der Waals surface area contributed by atoms with Crippen molar-refractivity contribution in [1.82, 2.24) is 5.32 Å². The van der Waals surface area contributed by atoms with E-state index in [2.05, 4.69) is 29.4 Å². The lowest BCUT2D eigenvalue weighted by molar-refractivity contribution is 0.0950. The molecule has 0 unspecified atom stereocenters. The maximum absolute atomic E-state index is 13.4. The van der Waals surface area contributed by atoms with E-state index in [1.54, 1.807) is 0 Å². The first-order chi connectivity index (χ1) is 18.5. The van der Waals surface area contributed by atoms with E-state index in [9.17, 15) is 9.59 Å². The molecule has 1 aliphatic rings. The van der Waals surface area contributed by atoms with Crippen LogP contribution in [0.2, 0.25) is 0 Å². The van der Waals surface area contributed by atoms with Gasteiger partial charge in [0.05, 0.1) is 5.56 Å². The maximum Gasteiger partial charge on any atom is 0.255 e. The largest absolute Gasteiger partial charge is 0.371 e. The summed E-state index contributed by atoms with van der Waals surface area (Å²) in [4.78, 5) is 28.7. The molecule has 0 spiro atoms. The van der Waals surface area contributed by atoms with Crippen molar-refractivity contribution in [2.45, 2.75) is 65.3 Å². The SMILES string of the molecule is CCCCCCc1ccc(C(=O)Nc2ccc(N3CCC(C)CC3)c(C(=O)NCc3ccccc3)c2)cc1. The second-order valence-corrected chi connectivity index (χ2v) is 10.5. The highest BCUT2D eigenvalue weighted by Gasteiger charge is 2.22. The van der Waals surface area contributed by atoms with E-state index in [0.29, 0.717) is 29.3 Å². The smallest absolute Gasteiger partial charge is 0.255 e. The highest BCUT2D eigenvalue weighted by atomic mass is 16.2. The Morgan fingerprint density at radius 3 is 2.29 bits per heavy atom. The number of unbranched alkanes of at least 4 members (excludes halogenated alkanes) is 3. The van der Waals surface area contributed by atoms with Gasteiger partial charge in [0.2, 0.25) is 0 Å². The fraction of sp³-hybridized carbons (Fsp3) is 0.394.